The molecule has 8 rings (SSSR count). The molecule has 0 bridgehead atoms. The fraction of sp³-hybridized carbons (Fsp3) is 0.375. The maximum atomic E-state index is 12.2. The van der Waals surface area contributed by atoms with Gasteiger partial charge in [-0.3, -0.25) is 4.79 Å². The first kappa shape index (κ1) is 45.8. The Morgan fingerprint density at radius 3 is 1.80 bits per heavy atom. The molecule has 0 aliphatic carbocycles. The number of methoxy groups -OCH3 is 1. The van der Waals surface area contributed by atoms with E-state index < -0.39 is 5.97 Å². The minimum absolute atomic E-state index is 0.0952. The van der Waals surface area contributed by atoms with Crippen LogP contribution in [0.25, 0.3) is 21.5 Å². The quantitative estimate of drug-likeness (QED) is 0.0819. The first-order chi connectivity index (χ1) is 31.2. The maximum Gasteiger partial charge on any atom is 0.410 e. The summed E-state index contributed by atoms with van der Waals surface area (Å²) in [5, 5.41) is 12.2. The number of benzene rings is 4. The number of hydrogen-bond acceptors (Lipinski definition) is 13. The summed E-state index contributed by atoms with van der Waals surface area (Å²) in [6.45, 7) is 5.84. The largest absolute Gasteiger partial charge is 0.494 e. The van der Waals surface area contributed by atoms with Crippen LogP contribution in [0.3, 0.4) is 0 Å². The van der Waals surface area contributed by atoms with Gasteiger partial charge in [0.1, 0.15) is 40.3 Å². The van der Waals surface area contributed by atoms with Crippen LogP contribution in [0.2, 0.25) is 0 Å². The lowest BCUT2D eigenvalue weighted by atomic mass is 9.94. The van der Waals surface area contributed by atoms with Crippen molar-refractivity contribution in [2.24, 2.45) is 11.8 Å². The second kappa shape index (κ2) is 22.9. The smallest absolute Gasteiger partial charge is 0.410 e. The van der Waals surface area contributed by atoms with Gasteiger partial charge in [0.25, 0.3) is 0 Å². The Kier molecular flexibility index (Phi) is 16.4. The topological polar surface area (TPSA) is 159 Å². The number of hydrogen-bond donors (Lipinski definition) is 1. The minimum atomic E-state index is -0.407. The van der Waals surface area contributed by atoms with Gasteiger partial charge in [0, 0.05) is 67.3 Å². The van der Waals surface area contributed by atoms with Crippen LogP contribution in [0.15, 0.2) is 96.0 Å². The van der Waals surface area contributed by atoms with E-state index in [2.05, 4.69) is 15.3 Å². The van der Waals surface area contributed by atoms with Crippen molar-refractivity contribution in [1.29, 1.82) is 0 Å². The van der Waals surface area contributed by atoms with E-state index in [1.54, 1.807) is 22.2 Å². The third kappa shape index (κ3) is 12.9. The number of likely N-dealkylation sites (tertiary alicyclic amines) is 2. The molecule has 2 aliphatic rings. The second-order valence-corrected chi connectivity index (χ2v) is 17.6. The second-order valence-electron chi connectivity index (χ2n) is 15.7. The Morgan fingerprint density at radius 2 is 1.25 bits per heavy atom. The first-order valence-corrected chi connectivity index (χ1v) is 23.3. The van der Waals surface area contributed by atoms with E-state index in [1.165, 1.54) is 36.7 Å². The lowest BCUT2D eigenvalue weighted by Crippen LogP contribution is -2.39. The fourth-order valence-corrected chi connectivity index (χ4v) is 8.87. The van der Waals surface area contributed by atoms with Gasteiger partial charge in [-0.05, 0) is 96.9 Å². The van der Waals surface area contributed by atoms with Crippen LogP contribution in [0, 0.1) is 11.8 Å². The van der Waals surface area contributed by atoms with Crippen LogP contribution in [0.4, 0.5) is 15.3 Å². The number of thiazole rings is 2. The summed E-state index contributed by atoms with van der Waals surface area (Å²) >= 11 is 2.96. The van der Waals surface area contributed by atoms with Crippen molar-refractivity contribution in [1.82, 2.24) is 19.8 Å². The van der Waals surface area contributed by atoms with E-state index >= 15 is 0 Å². The number of rotatable bonds is 14. The highest BCUT2D eigenvalue weighted by Crippen LogP contribution is 2.30. The molecule has 14 nitrogen and oxygen atoms in total. The molecule has 0 radical (unpaired) electrons. The zero-order valence-electron chi connectivity index (χ0n) is 36.1. The third-order valence-electron chi connectivity index (χ3n) is 11.3. The number of aromatic nitrogens is 2. The summed E-state index contributed by atoms with van der Waals surface area (Å²) in [5.41, 5.74) is 1.22. The lowest BCUT2D eigenvalue weighted by Gasteiger charge is -2.31. The van der Waals surface area contributed by atoms with E-state index in [-0.39, 0.29) is 31.3 Å². The summed E-state index contributed by atoms with van der Waals surface area (Å²) < 4.78 is 27.6. The average Bonchev–Trinajstić information content (AvgIpc) is 4.06. The monoisotopic (exact) mass is 907 g/mol. The highest BCUT2D eigenvalue weighted by molar-refractivity contribution is 7.09. The van der Waals surface area contributed by atoms with Gasteiger partial charge in [-0.25, -0.2) is 24.4 Å². The Bertz CT molecular complexity index is 2470. The number of fused-ring (bicyclic) bond motifs is 2. The Hall–Kier alpha value is -6.26. The van der Waals surface area contributed by atoms with E-state index in [4.69, 9.17) is 23.7 Å². The van der Waals surface area contributed by atoms with Gasteiger partial charge in [0.15, 0.2) is 0 Å². The summed E-state index contributed by atoms with van der Waals surface area (Å²) in [5.74, 6) is 1.81. The summed E-state index contributed by atoms with van der Waals surface area (Å²) in [6.07, 6.45) is 8.35. The van der Waals surface area contributed by atoms with Crippen LogP contribution in [0.1, 0.15) is 65.8 Å². The van der Waals surface area contributed by atoms with Gasteiger partial charge in [-0.1, -0.05) is 42.5 Å². The molecule has 0 unspecified atom stereocenters. The molecule has 1 N–H and O–H groups in total. The normalized spacial score (nSPS) is 14.3. The Morgan fingerprint density at radius 1 is 0.688 bits per heavy atom. The van der Waals surface area contributed by atoms with Crippen molar-refractivity contribution in [2.45, 2.75) is 58.7 Å². The minimum Gasteiger partial charge on any atom is -0.494 e. The number of ether oxygens (including phenoxy) is 5. The number of nitrogens with zero attached hydrogens (tertiary/aromatic N) is 4. The van der Waals surface area contributed by atoms with Gasteiger partial charge >= 0.3 is 18.2 Å². The molecule has 2 saturated heterocycles. The highest BCUT2D eigenvalue weighted by atomic mass is 32.1. The van der Waals surface area contributed by atoms with Crippen LogP contribution in [0.5, 0.6) is 11.5 Å². The molecule has 2 fully saturated rings. The summed E-state index contributed by atoms with van der Waals surface area (Å²) in [7, 11) is 1.37. The highest BCUT2D eigenvalue weighted by Gasteiger charge is 2.26. The van der Waals surface area contributed by atoms with Crippen molar-refractivity contribution in [3.63, 3.8) is 0 Å². The fourth-order valence-electron chi connectivity index (χ4n) is 7.81. The molecule has 16 heteroatoms. The number of amides is 3. The molecule has 6 aromatic rings. The molecule has 2 aliphatic heterocycles. The summed E-state index contributed by atoms with van der Waals surface area (Å²) in [6, 6.07) is 23.3. The molecule has 4 aromatic carbocycles. The Balaban J connectivity index is 0.000000191. The van der Waals surface area contributed by atoms with Crippen molar-refractivity contribution >= 4 is 74.0 Å². The molecular formula is C48H53N5O9S2. The average molecular weight is 908 g/mol. The molecule has 2 aromatic heterocycles. The molecule has 64 heavy (non-hydrogen) atoms. The van der Waals surface area contributed by atoms with Crippen LogP contribution in [-0.2, 0) is 32.2 Å². The number of esters is 1. The number of carbonyl (C=O) groups is 4. The van der Waals surface area contributed by atoms with E-state index in [0.29, 0.717) is 62.5 Å². The Labute approximate surface area is 380 Å². The van der Waals surface area contributed by atoms with Crippen molar-refractivity contribution < 1.29 is 42.9 Å². The first-order valence-electron chi connectivity index (χ1n) is 21.5. The summed E-state index contributed by atoms with van der Waals surface area (Å²) in [4.78, 5) is 59.9. The van der Waals surface area contributed by atoms with Gasteiger partial charge < -0.3 is 38.8 Å². The predicted molar refractivity (Wildman–Crippen MR) is 247 cm³/mol. The predicted octanol–water partition coefficient (Wildman–Crippen LogP) is 9.97. The molecule has 336 valence electrons. The molecule has 0 spiro atoms. The van der Waals surface area contributed by atoms with Crippen molar-refractivity contribution in [3.05, 3.63) is 112 Å². The number of piperidine rings is 2. The zero-order valence-corrected chi connectivity index (χ0v) is 37.7. The molecule has 0 atom stereocenters. The van der Waals surface area contributed by atoms with Crippen LogP contribution in [-0.4, -0.2) is 90.3 Å². The van der Waals surface area contributed by atoms with Crippen molar-refractivity contribution in [2.75, 3.05) is 51.8 Å². The van der Waals surface area contributed by atoms with Crippen LogP contribution < -0.4 is 14.8 Å². The molecule has 0 saturated carbocycles. The van der Waals surface area contributed by atoms with E-state index in [0.717, 1.165) is 81.5 Å². The van der Waals surface area contributed by atoms with Crippen molar-refractivity contribution in [3.8, 4) is 11.5 Å². The molecule has 3 amide bonds. The van der Waals surface area contributed by atoms with Crippen LogP contribution >= 0.6 is 22.7 Å². The third-order valence-corrected chi connectivity index (χ3v) is 12.9. The number of nitrogens with one attached hydrogen (secondary N) is 1. The zero-order chi connectivity index (χ0) is 44.7. The van der Waals surface area contributed by atoms with Gasteiger partial charge in [-0.2, -0.15) is 0 Å². The van der Waals surface area contributed by atoms with Gasteiger partial charge in [0.05, 0.1) is 20.3 Å². The SMILES string of the molecule is CC(=O)Nc1cccc2ccc(OCCC3CCN(C(=O)OCc4nccs4)CC3)cc12.COC(=O)c1cc2ccccc2cc1OCCC1CCN(C(=O)OCc2nccs2)CC1. The number of anilines is 1. The van der Waals surface area contributed by atoms with E-state index in [1.807, 2.05) is 83.6 Å². The van der Waals surface area contributed by atoms with Gasteiger partial charge in [-0.15, -0.1) is 22.7 Å². The molecular weight excluding hydrogens is 855 g/mol. The lowest BCUT2D eigenvalue weighted by molar-refractivity contribution is -0.114. The molecule has 4 heterocycles. The van der Waals surface area contributed by atoms with Gasteiger partial charge in [0.2, 0.25) is 5.91 Å². The number of carbonyl (C=O) groups excluding carboxylic acids is 4. The van der Waals surface area contributed by atoms with E-state index in [9.17, 15) is 19.2 Å². The standard InChI is InChI=1S/C24H27N3O4S.C24H26N2O5S/c1-17(28)26-22-4-2-3-19-5-6-20(15-21(19)22)30-13-9-18-7-11-27(12-8-18)24(29)31-16-23-25-10-14-32-23;1-29-23(27)20-14-18-4-2-3-5-19(18)15-21(20)30-12-8-17-6-10-26(11-7-17)24(28)31-16-22-25-9-13-32-22/h2-6,10,14-15,18H,7-9,11-13,16H2,1H3,(H,26,28);2-5,9,13-15,17H,6-8,10-12,16H2,1H3. The maximum absolute atomic E-state index is 12.2.